The summed E-state index contributed by atoms with van der Waals surface area (Å²) in [5.74, 6) is 0.230. The molecule has 5 heteroatoms. The first kappa shape index (κ1) is 11.5. The van der Waals surface area contributed by atoms with Gasteiger partial charge in [-0.25, -0.2) is 4.21 Å². The Hall–Kier alpha value is 0.0300. The summed E-state index contributed by atoms with van der Waals surface area (Å²) in [7, 11) is 0. The lowest BCUT2D eigenvalue weighted by Gasteiger charge is -2.48. The highest BCUT2D eigenvalue weighted by Gasteiger charge is 2.48. The maximum atomic E-state index is 10.6. The van der Waals surface area contributed by atoms with Crippen LogP contribution in [0.1, 0.15) is 44.9 Å². The maximum Gasteiger partial charge on any atom is 0.103 e. The quantitative estimate of drug-likeness (QED) is 0.729. The molecule has 2 rings (SSSR count). The molecule has 0 aromatic rings. The van der Waals surface area contributed by atoms with Gasteiger partial charge in [0.05, 0.1) is 17.0 Å². The number of rotatable bonds is 2. The Morgan fingerprint density at radius 2 is 2.00 bits per heavy atom. The molecule has 0 spiro atoms. The molecule has 0 bridgehead atoms. The highest BCUT2D eigenvalue weighted by Crippen LogP contribution is 2.45. The van der Waals surface area contributed by atoms with Gasteiger partial charge in [0, 0.05) is 0 Å². The van der Waals surface area contributed by atoms with E-state index in [4.69, 9.17) is 4.18 Å². The number of hydrogen-bond acceptors (Lipinski definition) is 4. The first-order chi connectivity index (χ1) is 7.13. The minimum absolute atomic E-state index is 0.230. The third-order valence-electron chi connectivity index (χ3n) is 3.86. The van der Waals surface area contributed by atoms with Gasteiger partial charge in [-0.2, -0.15) is 0 Å². The Labute approximate surface area is 92.5 Å². The predicted octanol–water partition coefficient (Wildman–Crippen LogP) is 1.27. The third kappa shape index (κ3) is 2.25. The fourth-order valence-corrected chi connectivity index (χ4v) is 3.55. The first-order valence-corrected chi connectivity index (χ1v) is 6.61. The van der Waals surface area contributed by atoms with Crippen LogP contribution >= 0.6 is 0 Å². The van der Waals surface area contributed by atoms with Crippen molar-refractivity contribution in [2.24, 2.45) is 5.92 Å². The molecule has 2 aliphatic rings. The average Bonchev–Trinajstić information content (AvgIpc) is 2.18. The highest BCUT2D eigenvalue weighted by molar-refractivity contribution is 7.74. The summed E-state index contributed by atoms with van der Waals surface area (Å²) in [6.45, 7) is 0. The van der Waals surface area contributed by atoms with Crippen LogP contribution in [0.3, 0.4) is 0 Å². The summed E-state index contributed by atoms with van der Waals surface area (Å²) >= 11 is -2.51. The summed E-state index contributed by atoms with van der Waals surface area (Å²) in [6, 6.07) is 0. The smallest absolute Gasteiger partial charge is 0.103 e. The number of fused-ring (bicyclic) bond motifs is 1. The molecule has 2 fully saturated rings. The van der Waals surface area contributed by atoms with Crippen LogP contribution in [-0.2, 0) is 15.5 Å². The van der Waals surface area contributed by atoms with Gasteiger partial charge in [-0.15, -0.1) is 0 Å². The van der Waals surface area contributed by atoms with Gasteiger partial charge in [-0.3, -0.25) is 4.18 Å². The van der Waals surface area contributed by atoms with Gasteiger partial charge >= 0.3 is 0 Å². The topological polar surface area (TPSA) is 69.6 Å². The molecule has 15 heavy (non-hydrogen) atoms. The Bertz CT molecular complexity index is 256. The van der Waals surface area contributed by atoms with Crippen molar-refractivity contribution in [3.63, 3.8) is 0 Å². The standard InChI is InChI=1S/C10H18O4S/c11-10-7-2-1-4-8(10)5-3-6-9(10)14-15(12)13/h8-9,11H,1-7H2,(H,12,13)/p-1. The number of aliphatic hydroxyl groups is 1. The molecule has 0 radical (unpaired) electrons. The highest BCUT2D eigenvalue weighted by atomic mass is 32.2. The minimum atomic E-state index is -2.51. The molecule has 4 nitrogen and oxygen atoms in total. The van der Waals surface area contributed by atoms with Gasteiger partial charge in [0.15, 0.2) is 0 Å². The molecular formula is C10H17O4S-. The van der Waals surface area contributed by atoms with Crippen LogP contribution in [0.5, 0.6) is 0 Å². The second-order valence-electron chi connectivity index (χ2n) is 4.65. The Kier molecular flexibility index (Phi) is 3.45. The molecule has 0 aromatic heterocycles. The molecule has 0 saturated heterocycles. The fraction of sp³-hybridized carbons (Fsp3) is 1.00. The SMILES string of the molecule is O=S([O-])OC1CCCC2CCCCC21O. The van der Waals surface area contributed by atoms with E-state index in [2.05, 4.69) is 0 Å². The summed E-state index contributed by atoms with van der Waals surface area (Å²) in [4.78, 5) is 0. The van der Waals surface area contributed by atoms with E-state index in [1.54, 1.807) is 0 Å². The van der Waals surface area contributed by atoms with Crippen LogP contribution in [0.15, 0.2) is 0 Å². The second-order valence-corrected chi connectivity index (χ2v) is 5.25. The van der Waals surface area contributed by atoms with Crippen molar-refractivity contribution in [2.75, 3.05) is 0 Å². The molecule has 4 unspecified atom stereocenters. The molecule has 0 aromatic carbocycles. The van der Waals surface area contributed by atoms with Crippen molar-refractivity contribution < 1.29 is 18.1 Å². The summed E-state index contributed by atoms with van der Waals surface area (Å²) in [6.07, 6.45) is 5.88. The van der Waals surface area contributed by atoms with Gasteiger partial charge in [-0.05, 0) is 31.6 Å². The zero-order valence-electron chi connectivity index (χ0n) is 8.68. The van der Waals surface area contributed by atoms with Crippen LogP contribution in [0.25, 0.3) is 0 Å². The van der Waals surface area contributed by atoms with Crippen molar-refractivity contribution in [3.8, 4) is 0 Å². The largest absolute Gasteiger partial charge is 0.750 e. The van der Waals surface area contributed by atoms with E-state index in [0.29, 0.717) is 12.8 Å². The molecule has 2 aliphatic carbocycles. The molecule has 1 N–H and O–H groups in total. The molecule has 88 valence electrons. The van der Waals surface area contributed by atoms with E-state index < -0.39 is 23.1 Å². The van der Waals surface area contributed by atoms with E-state index in [9.17, 15) is 13.9 Å². The monoisotopic (exact) mass is 233 g/mol. The summed E-state index contributed by atoms with van der Waals surface area (Å²) in [5, 5.41) is 10.5. The van der Waals surface area contributed by atoms with Crippen LogP contribution in [0, 0.1) is 5.92 Å². The first-order valence-electron chi connectivity index (χ1n) is 5.61. The van der Waals surface area contributed by atoms with Crippen LogP contribution in [0.2, 0.25) is 0 Å². The molecule has 4 atom stereocenters. The van der Waals surface area contributed by atoms with Gasteiger partial charge in [0.2, 0.25) is 0 Å². The van der Waals surface area contributed by atoms with Crippen LogP contribution in [-0.4, -0.2) is 25.6 Å². The van der Waals surface area contributed by atoms with Crippen molar-refractivity contribution in [3.05, 3.63) is 0 Å². The van der Waals surface area contributed by atoms with Crippen molar-refractivity contribution in [1.82, 2.24) is 0 Å². The zero-order chi connectivity index (χ0) is 10.9. The third-order valence-corrected chi connectivity index (χ3v) is 4.25. The van der Waals surface area contributed by atoms with Crippen molar-refractivity contribution in [2.45, 2.75) is 56.7 Å². The van der Waals surface area contributed by atoms with E-state index in [1.807, 2.05) is 0 Å². The average molecular weight is 233 g/mol. The maximum absolute atomic E-state index is 10.6. The van der Waals surface area contributed by atoms with Gasteiger partial charge in [-0.1, -0.05) is 19.3 Å². The van der Waals surface area contributed by atoms with Crippen LogP contribution in [0.4, 0.5) is 0 Å². The summed E-state index contributed by atoms with van der Waals surface area (Å²) in [5.41, 5.74) is -0.892. The Morgan fingerprint density at radius 1 is 1.27 bits per heavy atom. The lowest BCUT2D eigenvalue weighted by atomic mass is 9.66. The Balaban J connectivity index is 2.11. The molecule has 0 heterocycles. The molecule has 0 amide bonds. The van der Waals surface area contributed by atoms with Crippen LogP contribution < -0.4 is 0 Å². The normalized spacial score (nSPS) is 43.3. The van der Waals surface area contributed by atoms with E-state index >= 15 is 0 Å². The molecule has 0 aliphatic heterocycles. The van der Waals surface area contributed by atoms with Gasteiger partial charge < -0.3 is 9.66 Å². The van der Waals surface area contributed by atoms with Crippen molar-refractivity contribution >= 4 is 11.4 Å². The minimum Gasteiger partial charge on any atom is -0.750 e. The van der Waals surface area contributed by atoms with Gasteiger partial charge in [0.1, 0.15) is 6.10 Å². The Morgan fingerprint density at radius 3 is 2.73 bits per heavy atom. The molecular weight excluding hydrogens is 216 g/mol. The number of hydrogen-bond donors (Lipinski definition) is 1. The summed E-state index contributed by atoms with van der Waals surface area (Å²) < 4.78 is 25.9. The predicted molar refractivity (Wildman–Crippen MR) is 54.6 cm³/mol. The van der Waals surface area contributed by atoms with Gasteiger partial charge in [0.25, 0.3) is 0 Å². The zero-order valence-corrected chi connectivity index (χ0v) is 9.50. The van der Waals surface area contributed by atoms with E-state index in [1.165, 1.54) is 0 Å². The lowest BCUT2D eigenvalue weighted by molar-refractivity contribution is -0.143. The van der Waals surface area contributed by atoms with E-state index in [-0.39, 0.29) is 5.92 Å². The second kappa shape index (κ2) is 4.49. The van der Waals surface area contributed by atoms with E-state index in [0.717, 1.165) is 32.1 Å². The lowest BCUT2D eigenvalue weighted by Crippen LogP contribution is -2.54. The molecule has 2 saturated carbocycles. The fourth-order valence-electron chi connectivity index (χ4n) is 3.10. The van der Waals surface area contributed by atoms with Crippen molar-refractivity contribution in [1.29, 1.82) is 0 Å².